The molecule has 0 aromatic carbocycles. The lowest BCUT2D eigenvalue weighted by atomic mass is 9.85. The van der Waals surface area contributed by atoms with Crippen LogP contribution in [0.4, 0.5) is 9.59 Å². The van der Waals surface area contributed by atoms with Gasteiger partial charge in [-0.2, -0.15) is 0 Å². The Kier molecular flexibility index (Phi) is 14.2. The molecule has 4 aliphatic heterocycles. The maximum absolute atomic E-state index is 13.5. The Morgan fingerprint density at radius 2 is 1.71 bits per heavy atom. The van der Waals surface area contributed by atoms with E-state index < -0.39 is 36.0 Å². The molecule has 0 aromatic rings. The topological polar surface area (TPSA) is 138 Å². The molecule has 4 fully saturated rings. The second-order valence-electron chi connectivity index (χ2n) is 16.4. The third-order valence-corrected chi connectivity index (χ3v) is 11.7. The zero-order valence-corrected chi connectivity index (χ0v) is 31.9. The zero-order valence-electron chi connectivity index (χ0n) is 31.9. The first kappa shape index (κ1) is 40.3. The number of aliphatic hydroxyl groups is 2. The number of esters is 1. The lowest BCUT2D eigenvalue weighted by Crippen LogP contribution is -2.53. The number of hydrogen-bond acceptors (Lipinski definition) is 10. The van der Waals surface area contributed by atoms with Crippen LogP contribution in [-0.2, 0) is 23.7 Å². The maximum atomic E-state index is 13.5. The number of cyclic esters (lactones) is 1. The number of carbonyl (C=O) groups is 3. The fraction of sp³-hybridized carbons (Fsp3) is 0.775. The monoisotopic (exact) mass is 729 g/mol. The van der Waals surface area contributed by atoms with E-state index in [1.807, 2.05) is 45.1 Å². The standard InChI is InChI=1S/C40H63N3O9/c1-29(25-50-37(46)43-19-18-40(26-43)27-49-28-40)10-9-11-30(2)36-31(3)14-15-34(39(4,48)17-16-33(44)24-35(45)52-36)51-38(47)42-22-20-41(21-23-42)32-12-7-5-6-8-13-32/h9-11,14-15,29,31-34,36,44,48H,5-8,12-13,16-28H2,1-4H3/b10-9+,15-14+,30-11+/t29-,31+,33+,34-,36-,39+/m1/s1. The number of amides is 2. The van der Waals surface area contributed by atoms with Gasteiger partial charge in [0.25, 0.3) is 0 Å². The minimum atomic E-state index is -1.47. The summed E-state index contributed by atoms with van der Waals surface area (Å²) in [6.45, 7) is 13.2. The summed E-state index contributed by atoms with van der Waals surface area (Å²) < 4.78 is 22.8. The molecule has 0 bridgehead atoms. The molecule has 52 heavy (non-hydrogen) atoms. The van der Waals surface area contributed by atoms with E-state index >= 15 is 0 Å². The van der Waals surface area contributed by atoms with Gasteiger partial charge in [0.2, 0.25) is 0 Å². The largest absolute Gasteiger partial charge is 0.457 e. The third kappa shape index (κ3) is 11.1. The minimum absolute atomic E-state index is 0.0413. The van der Waals surface area contributed by atoms with Gasteiger partial charge >= 0.3 is 18.2 Å². The van der Waals surface area contributed by atoms with E-state index in [-0.39, 0.29) is 49.2 Å². The molecule has 0 aromatic heterocycles. The Hall–Kier alpha value is -2.93. The minimum Gasteiger partial charge on any atom is -0.457 e. The summed E-state index contributed by atoms with van der Waals surface area (Å²) in [5.74, 6) is -0.910. The summed E-state index contributed by atoms with van der Waals surface area (Å²) >= 11 is 0. The van der Waals surface area contributed by atoms with E-state index in [4.69, 9.17) is 18.9 Å². The first-order valence-electron chi connectivity index (χ1n) is 19.7. The highest BCUT2D eigenvalue weighted by Gasteiger charge is 2.46. The van der Waals surface area contributed by atoms with Crippen molar-refractivity contribution in [1.82, 2.24) is 14.7 Å². The fourth-order valence-corrected chi connectivity index (χ4v) is 8.09. The summed E-state index contributed by atoms with van der Waals surface area (Å²) in [5.41, 5.74) is -0.585. The summed E-state index contributed by atoms with van der Waals surface area (Å²) in [6, 6.07) is 0.586. The smallest absolute Gasteiger partial charge is 0.410 e. The second-order valence-corrected chi connectivity index (χ2v) is 16.4. The van der Waals surface area contributed by atoms with Crippen molar-refractivity contribution in [2.24, 2.45) is 17.3 Å². The molecule has 2 amide bonds. The quantitative estimate of drug-likeness (QED) is 0.118. The van der Waals surface area contributed by atoms with Crippen LogP contribution in [0.25, 0.3) is 0 Å². The van der Waals surface area contributed by atoms with Gasteiger partial charge in [-0.3, -0.25) is 9.69 Å². The normalized spacial score (nSPS) is 32.7. The Balaban J connectivity index is 1.18. The van der Waals surface area contributed by atoms with Crippen molar-refractivity contribution in [2.75, 3.05) is 59.1 Å². The number of nitrogens with zero attached hydrogens (tertiary/aromatic N) is 3. The molecule has 5 aliphatic rings. The number of allylic oxidation sites excluding steroid dienone is 2. The summed E-state index contributed by atoms with van der Waals surface area (Å²) in [5, 5.41) is 22.2. The Morgan fingerprint density at radius 3 is 2.37 bits per heavy atom. The Bertz CT molecular complexity index is 1290. The molecule has 12 heteroatoms. The van der Waals surface area contributed by atoms with Crippen LogP contribution in [0.1, 0.15) is 91.9 Å². The van der Waals surface area contributed by atoms with Crippen molar-refractivity contribution in [3.05, 3.63) is 36.0 Å². The average Bonchev–Trinajstić information content (AvgIpc) is 3.41. The van der Waals surface area contributed by atoms with Gasteiger partial charge in [-0.05, 0) is 57.6 Å². The van der Waals surface area contributed by atoms with Crippen LogP contribution in [0.5, 0.6) is 0 Å². The summed E-state index contributed by atoms with van der Waals surface area (Å²) in [7, 11) is 0. The highest BCUT2D eigenvalue weighted by molar-refractivity contribution is 5.70. The number of hydrogen-bond donors (Lipinski definition) is 2. The molecule has 3 saturated heterocycles. The van der Waals surface area contributed by atoms with Crippen molar-refractivity contribution in [2.45, 2.75) is 122 Å². The number of ether oxygens (including phenoxy) is 4. The summed E-state index contributed by atoms with van der Waals surface area (Å²) in [6.07, 6.45) is 14.4. The van der Waals surface area contributed by atoms with Crippen LogP contribution >= 0.6 is 0 Å². The van der Waals surface area contributed by atoms with E-state index in [0.717, 1.165) is 25.1 Å². The maximum Gasteiger partial charge on any atom is 0.410 e. The van der Waals surface area contributed by atoms with Gasteiger partial charge in [0.15, 0.2) is 6.10 Å². The molecule has 292 valence electrons. The number of aliphatic hydroxyl groups excluding tert-OH is 1. The Morgan fingerprint density at radius 1 is 1.00 bits per heavy atom. The second kappa shape index (κ2) is 18.4. The van der Waals surface area contributed by atoms with Crippen LogP contribution in [0.3, 0.4) is 0 Å². The van der Waals surface area contributed by atoms with E-state index in [9.17, 15) is 24.6 Å². The SMILES string of the molecule is C/C(=C\C=C\[C@@H](C)COC(=O)N1CCC2(COC2)C1)[C@H]1OC(=O)C[C@@H](O)CC[C@](C)(O)[C@H](OC(=O)N2CCN(C3CCCCCC3)CC2)/C=C/[C@@H]1C. The Labute approximate surface area is 310 Å². The molecule has 1 spiro atoms. The lowest BCUT2D eigenvalue weighted by Gasteiger charge is -2.40. The number of carbonyl (C=O) groups excluding carboxylic acids is 3. The van der Waals surface area contributed by atoms with E-state index in [1.54, 1.807) is 22.8 Å². The van der Waals surface area contributed by atoms with Crippen LogP contribution < -0.4 is 0 Å². The van der Waals surface area contributed by atoms with Crippen LogP contribution in [0.15, 0.2) is 36.0 Å². The molecule has 2 N–H and O–H groups in total. The predicted octanol–water partition coefficient (Wildman–Crippen LogP) is 5.23. The number of rotatable bonds is 7. The molecule has 6 atom stereocenters. The predicted molar refractivity (Wildman–Crippen MR) is 196 cm³/mol. The van der Waals surface area contributed by atoms with Crippen molar-refractivity contribution >= 4 is 18.2 Å². The zero-order chi connectivity index (χ0) is 37.3. The lowest BCUT2D eigenvalue weighted by molar-refractivity contribution is -0.151. The molecular weight excluding hydrogens is 666 g/mol. The van der Waals surface area contributed by atoms with E-state index in [0.29, 0.717) is 45.4 Å². The van der Waals surface area contributed by atoms with Crippen molar-refractivity contribution in [1.29, 1.82) is 0 Å². The number of likely N-dealkylation sites (tertiary alicyclic amines) is 1. The summed E-state index contributed by atoms with van der Waals surface area (Å²) in [4.78, 5) is 45.0. The van der Waals surface area contributed by atoms with Gasteiger partial charge in [0.1, 0.15) is 11.7 Å². The molecule has 0 radical (unpaired) electrons. The van der Waals surface area contributed by atoms with E-state index in [2.05, 4.69) is 4.90 Å². The first-order chi connectivity index (χ1) is 24.8. The fourth-order valence-electron chi connectivity index (χ4n) is 8.09. The highest BCUT2D eigenvalue weighted by atomic mass is 16.6. The van der Waals surface area contributed by atoms with Gasteiger partial charge < -0.3 is 39.0 Å². The number of piperazine rings is 1. The van der Waals surface area contributed by atoms with Crippen molar-refractivity contribution < 1.29 is 43.5 Å². The average molecular weight is 730 g/mol. The molecule has 1 saturated carbocycles. The van der Waals surface area contributed by atoms with Crippen LogP contribution in [0, 0.1) is 17.3 Å². The van der Waals surface area contributed by atoms with Crippen LogP contribution in [-0.4, -0.2) is 132 Å². The molecule has 1 aliphatic carbocycles. The van der Waals surface area contributed by atoms with Gasteiger partial charge in [0, 0.05) is 62.6 Å². The molecule has 5 rings (SSSR count). The third-order valence-electron chi connectivity index (χ3n) is 11.7. The van der Waals surface area contributed by atoms with Gasteiger partial charge in [-0.25, -0.2) is 9.59 Å². The van der Waals surface area contributed by atoms with E-state index in [1.165, 1.54) is 38.5 Å². The van der Waals surface area contributed by atoms with Gasteiger partial charge in [0.05, 0.1) is 32.3 Å². The first-order valence-corrected chi connectivity index (χ1v) is 19.7. The van der Waals surface area contributed by atoms with Crippen LogP contribution in [0.2, 0.25) is 0 Å². The van der Waals surface area contributed by atoms with Crippen molar-refractivity contribution in [3.8, 4) is 0 Å². The van der Waals surface area contributed by atoms with Gasteiger partial charge in [-0.15, -0.1) is 0 Å². The molecule has 12 nitrogen and oxygen atoms in total. The molecular formula is C40H63N3O9. The van der Waals surface area contributed by atoms with Crippen molar-refractivity contribution in [3.63, 3.8) is 0 Å². The van der Waals surface area contributed by atoms with Gasteiger partial charge in [-0.1, -0.05) is 63.8 Å². The molecule has 4 heterocycles. The highest BCUT2D eigenvalue weighted by Crippen LogP contribution is 2.37. The molecule has 0 unspecified atom stereocenters.